The highest BCUT2D eigenvalue weighted by Gasteiger charge is 2.43. The summed E-state index contributed by atoms with van der Waals surface area (Å²) in [5, 5.41) is 12.1. The number of anilines is 2. The van der Waals surface area contributed by atoms with E-state index in [0.717, 1.165) is 4.47 Å². The Morgan fingerprint density at radius 1 is 1.10 bits per heavy atom. The number of nitriles is 1. The normalized spacial score (nSPS) is 14.6. The number of alkyl halides is 2. The van der Waals surface area contributed by atoms with Crippen LogP contribution in [0.5, 0.6) is 11.5 Å². The first kappa shape index (κ1) is 13.6. The number of hydrogen-bond acceptors (Lipinski definition) is 4. The fraction of sp³-hybridized carbons (Fsp3) is 0.0714. The molecule has 0 atom stereocenters. The largest absolute Gasteiger partial charge is 0.586 e. The van der Waals surface area contributed by atoms with Gasteiger partial charge in [-0.2, -0.15) is 5.26 Å². The molecule has 0 spiro atoms. The van der Waals surface area contributed by atoms with Gasteiger partial charge in [0.25, 0.3) is 0 Å². The number of halogens is 3. The van der Waals surface area contributed by atoms with Gasteiger partial charge in [-0.25, -0.2) is 0 Å². The average molecular weight is 353 g/mol. The van der Waals surface area contributed by atoms with E-state index in [4.69, 9.17) is 5.26 Å². The first-order valence-corrected chi connectivity index (χ1v) is 6.63. The summed E-state index contributed by atoms with van der Waals surface area (Å²) in [4.78, 5) is 0. The van der Waals surface area contributed by atoms with Crippen molar-refractivity contribution in [1.82, 2.24) is 0 Å². The second kappa shape index (κ2) is 4.90. The van der Waals surface area contributed by atoms with Gasteiger partial charge in [0.2, 0.25) is 0 Å². The zero-order valence-corrected chi connectivity index (χ0v) is 11.9. The van der Waals surface area contributed by atoms with Crippen LogP contribution in [-0.4, -0.2) is 6.29 Å². The minimum atomic E-state index is -3.64. The number of nitrogens with one attached hydrogen (secondary N) is 1. The van der Waals surface area contributed by atoms with Crippen molar-refractivity contribution in [3.8, 4) is 17.6 Å². The molecule has 2 aromatic carbocycles. The lowest BCUT2D eigenvalue weighted by Gasteiger charge is -2.09. The Balaban J connectivity index is 1.89. The summed E-state index contributed by atoms with van der Waals surface area (Å²) in [5.74, 6) is -0.0810. The van der Waals surface area contributed by atoms with E-state index in [1.54, 1.807) is 24.3 Å². The lowest BCUT2D eigenvalue weighted by molar-refractivity contribution is -0.286. The van der Waals surface area contributed by atoms with E-state index in [0.29, 0.717) is 16.9 Å². The maximum Gasteiger partial charge on any atom is 0.586 e. The molecule has 106 valence electrons. The molecule has 0 unspecified atom stereocenters. The number of ether oxygens (including phenoxy) is 2. The molecule has 4 nitrogen and oxygen atoms in total. The molecule has 1 heterocycles. The van der Waals surface area contributed by atoms with Crippen molar-refractivity contribution in [3.05, 3.63) is 46.4 Å². The quantitative estimate of drug-likeness (QED) is 0.870. The van der Waals surface area contributed by atoms with Gasteiger partial charge in [-0.15, -0.1) is 8.78 Å². The van der Waals surface area contributed by atoms with Crippen molar-refractivity contribution in [3.63, 3.8) is 0 Å². The predicted molar refractivity (Wildman–Crippen MR) is 74.8 cm³/mol. The summed E-state index contributed by atoms with van der Waals surface area (Å²) in [6, 6.07) is 11.5. The first-order chi connectivity index (χ1) is 9.97. The topological polar surface area (TPSA) is 54.3 Å². The molecule has 1 N–H and O–H groups in total. The Bertz CT molecular complexity index is 759. The summed E-state index contributed by atoms with van der Waals surface area (Å²) in [7, 11) is 0. The molecule has 0 bridgehead atoms. The van der Waals surface area contributed by atoms with E-state index in [-0.39, 0.29) is 11.5 Å². The SMILES string of the molecule is N#Cc1cc(Br)ccc1Nc1ccc2c(c1)OC(F)(F)O2. The molecule has 0 radical (unpaired) electrons. The van der Waals surface area contributed by atoms with Gasteiger partial charge in [0.15, 0.2) is 11.5 Å². The van der Waals surface area contributed by atoms with Crippen molar-refractivity contribution in [2.45, 2.75) is 6.29 Å². The summed E-state index contributed by atoms with van der Waals surface area (Å²) in [6.07, 6.45) is -3.64. The zero-order chi connectivity index (χ0) is 15.0. The van der Waals surface area contributed by atoms with E-state index < -0.39 is 6.29 Å². The number of benzene rings is 2. The van der Waals surface area contributed by atoms with Crippen molar-refractivity contribution in [1.29, 1.82) is 5.26 Å². The molecule has 1 aliphatic rings. The molecule has 21 heavy (non-hydrogen) atoms. The van der Waals surface area contributed by atoms with Crippen LogP contribution < -0.4 is 14.8 Å². The highest BCUT2D eigenvalue weighted by Crippen LogP contribution is 2.42. The number of nitrogens with zero attached hydrogens (tertiary/aromatic N) is 1. The van der Waals surface area contributed by atoms with Crippen LogP contribution >= 0.6 is 15.9 Å². The Labute approximate surface area is 127 Å². The van der Waals surface area contributed by atoms with Crippen LogP contribution in [0.1, 0.15) is 5.56 Å². The van der Waals surface area contributed by atoms with Gasteiger partial charge < -0.3 is 14.8 Å². The molecule has 7 heteroatoms. The first-order valence-electron chi connectivity index (χ1n) is 5.83. The number of rotatable bonds is 2. The zero-order valence-electron chi connectivity index (χ0n) is 10.4. The number of hydrogen-bond donors (Lipinski definition) is 1. The van der Waals surface area contributed by atoms with Gasteiger partial charge >= 0.3 is 6.29 Å². The minimum Gasteiger partial charge on any atom is -0.395 e. The molecule has 0 saturated heterocycles. The van der Waals surface area contributed by atoms with Gasteiger partial charge in [0, 0.05) is 16.2 Å². The second-order valence-corrected chi connectivity index (χ2v) is 5.17. The van der Waals surface area contributed by atoms with Crippen molar-refractivity contribution in [2.75, 3.05) is 5.32 Å². The molecule has 0 saturated carbocycles. The van der Waals surface area contributed by atoms with E-state index in [9.17, 15) is 8.78 Å². The Hall–Kier alpha value is -2.33. The smallest absolute Gasteiger partial charge is 0.395 e. The van der Waals surface area contributed by atoms with Crippen molar-refractivity contribution in [2.24, 2.45) is 0 Å². The molecule has 2 aromatic rings. The molecule has 0 aliphatic carbocycles. The minimum absolute atomic E-state index is 0.0261. The summed E-state index contributed by atoms with van der Waals surface area (Å²) in [6.45, 7) is 0. The third kappa shape index (κ3) is 2.76. The van der Waals surface area contributed by atoms with Gasteiger partial charge in [-0.05, 0) is 30.3 Å². The van der Waals surface area contributed by atoms with Gasteiger partial charge in [0.05, 0.1) is 11.3 Å². The van der Waals surface area contributed by atoms with Gasteiger partial charge in [-0.3, -0.25) is 0 Å². The summed E-state index contributed by atoms with van der Waals surface area (Å²) in [5.41, 5.74) is 1.49. The highest BCUT2D eigenvalue weighted by atomic mass is 79.9. The van der Waals surface area contributed by atoms with Crippen LogP contribution in [0.3, 0.4) is 0 Å². The molecule has 0 amide bonds. The van der Waals surface area contributed by atoms with Crippen LogP contribution in [0.15, 0.2) is 40.9 Å². The predicted octanol–water partition coefficient (Wildman–Crippen LogP) is 4.39. The fourth-order valence-electron chi connectivity index (χ4n) is 1.90. The number of fused-ring (bicyclic) bond motifs is 1. The van der Waals surface area contributed by atoms with Crippen LogP contribution in [-0.2, 0) is 0 Å². The lowest BCUT2D eigenvalue weighted by Crippen LogP contribution is -2.25. The van der Waals surface area contributed by atoms with E-state index in [1.165, 1.54) is 12.1 Å². The monoisotopic (exact) mass is 352 g/mol. The lowest BCUT2D eigenvalue weighted by atomic mass is 10.2. The third-order valence-electron chi connectivity index (χ3n) is 2.78. The fourth-order valence-corrected chi connectivity index (χ4v) is 2.26. The van der Waals surface area contributed by atoms with Crippen molar-refractivity contribution < 1.29 is 18.3 Å². The Morgan fingerprint density at radius 3 is 2.62 bits per heavy atom. The molecule has 3 rings (SSSR count). The van der Waals surface area contributed by atoms with Crippen LogP contribution in [0.2, 0.25) is 0 Å². The second-order valence-electron chi connectivity index (χ2n) is 4.26. The molecule has 1 aliphatic heterocycles. The molecule has 0 fully saturated rings. The highest BCUT2D eigenvalue weighted by molar-refractivity contribution is 9.10. The van der Waals surface area contributed by atoms with E-state index >= 15 is 0 Å². The van der Waals surface area contributed by atoms with E-state index in [1.807, 2.05) is 0 Å². The Kier molecular flexibility index (Phi) is 3.18. The molecular formula is C14H7BrF2N2O2. The maximum atomic E-state index is 12.9. The van der Waals surface area contributed by atoms with Gasteiger partial charge in [0.1, 0.15) is 6.07 Å². The molecule has 0 aromatic heterocycles. The standard InChI is InChI=1S/C14H7BrF2N2O2/c15-9-1-3-11(8(5-9)7-18)19-10-2-4-12-13(6-10)21-14(16,17)20-12/h1-6,19H. The average Bonchev–Trinajstić information content (AvgIpc) is 2.74. The maximum absolute atomic E-state index is 12.9. The summed E-state index contributed by atoms with van der Waals surface area (Å²) < 4.78 is 35.4. The molecular weight excluding hydrogens is 346 g/mol. The Morgan fingerprint density at radius 2 is 1.86 bits per heavy atom. The van der Waals surface area contributed by atoms with E-state index in [2.05, 4.69) is 36.8 Å². The van der Waals surface area contributed by atoms with Crippen LogP contribution in [0, 0.1) is 11.3 Å². The third-order valence-corrected chi connectivity index (χ3v) is 3.28. The van der Waals surface area contributed by atoms with Crippen LogP contribution in [0.25, 0.3) is 0 Å². The van der Waals surface area contributed by atoms with Gasteiger partial charge in [-0.1, -0.05) is 15.9 Å². The van der Waals surface area contributed by atoms with Crippen LogP contribution in [0.4, 0.5) is 20.2 Å². The van der Waals surface area contributed by atoms with Crippen molar-refractivity contribution >= 4 is 27.3 Å². The summed E-state index contributed by atoms with van der Waals surface area (Å²) >= 11 is 3.28.